The highest BCUT2D eigenvalue weighted by molar-refractivity contribution is 6.01. The average molecular weight is 549 g/mol. The molecule has 1 aromatic heterocycles. The van der Waals surface area contributed by atoms with Crippen LogP contribution < -0.4 is 20.8 Å². The SMILES string of the molecule is CN1CCN(CCCNc2c(F)cc3c(=O)c(C(=O)NCCN4CCCC4)cn4c3c2Oc2ccccc2-4)CC1. The number of likely N-dealkylation sites (N-methyl/N-ethyl adjacent to an activating group) is 1. The molecule has 10 heteroatoms. The van der Waals surface area contributed by atoms with Gasteiger partial charge in [0.1, 0.15) is 16.8 Å². The summed E-state index contributed by atoms with van der Waals surface area (Å²) in [6, 6.07) is 8.62. The second-order valence-corrected chi connectivity index (χ2v) is 11.0. The van der Waals surface area contributed by atoms with Crippen LogP contribution in [0.5, 0.6) is 11.5 Å². The van der Waals surface area contributed by atoms with Gasteiger partial charge in [0.05, 0.1) is 11.1 Å². The van der Waals surface area contributed by atoms with Crippen molar-refractivity contribution in [3.63, 3.8) is 0 Å². The van der Waals surface area contributed by atoms with E-state index in [9.17, 15) is 9.59 Å². The fourth-order valence-electron chi connectivity index (χ4n) is 5.91. The Morgan fingerprint density at radius 2 is 1.75 bits per heavy atom. The number of carbonyl (C=O) groups is 1. The first-order valence-corrected chi connectivity index (χ1v) is 14.3. The molecule has 0 saturated carbocycles. The summed E-state index contributed by atoms with van der Waals surface area (Å²) in [4.78, 5) is 33.7. The number of benzene rings is 2. The molecule has 212 valence electrons. The van der Waals surface area contributed by atoms with Gasteiger partial charge in [-0.2, -0.15) is 0 Å². The van der Waals surface area contributed by atoms with Crippen LogP contribution in [0.4, 0.5) is 10.1 Å². The van der Waals surface area contributed by atoms with E-state index in [1.807, 2.05) is 18.2 Å². The zero-order valence-electron chi connectivity index (χ0n) is 23.0. The number of aromatic nitrogens is 1. The Morgan fingerprint density at radius 3 is 2.55 bits per heavy atom. The molecule has 6 rings (SSSR count). The molecule has 0 radical (unpaired) electrons. The van der Waals surface area contributed by atoms with Crippen LogP contribution in [0.1, 0.15) is 29.6 Å². The number of hydrogen-bond acceptors (Lipinski definition) is 7. The van der Waals surface area contributed by atoms with Gasteiger partial charge in [-0.3, -0.25) is 9.59 Å². The van der Waals surface area contributed by atoms with Crippen LogP contribution in [0, 0.1) is 5.82 Å². The summed E-state index contributed by atoms with van der Waals surface area (Å²) in [7, 11) is 2.13. The maximum atomic E-state index is 15.6. The molecule has 2 saturated heterocycles. The number of rotatable bonds is 9. The van der Waals surface area contributed by atoms with Gasteiger partial charge in [-0.15, -0.1) is 0 Å². The molecule has 2 N–H and O–H groups in total. The van der Waals surface area contributed by atoms with Gasteiger partial charge in [0.2, 0.25) is 5.43 Å². The molecule has 0 unspecified atom stereocenters. The van der Waals surface area contributed by atoms with Gasteiger partial charge in [0, 0.05) is 52.0 Å². The van der Waals surface area contributed by atoms with E-state index >= 15 is 4.39 Å². The third kappa shape index (κ3) is 5.31. The topological polar surface area (TPSA) is 82.1 Å². The molecule has 2 fully saturated rings. The largest absolute Gasteiger partial charge is 0.451 e. The van der Waals surface area contributed by atoms with E-state index in [0.29, 0.717) is 30.0 Å². The zero-order valence-corrected chi connectivity index (χ0v) is 23.0. The van der Waals surface area contributed by atoms with Crippen molar-refractivity contribution in [2.24, 2.45) is 0 Å². The predicted molar refractivity (Wildman–Crippen MR) is 155 cm³/mol. The monoisotopic (exact) mass is 548 g/mol. The molecule has 1 amide bonds. The normalized spacial score (nSPS) is 17.6. The maximum Gasteiger partial charge on any atom is 0.256 e. The third-order valence-corrected chi connectivity index (χ3v) is 8.24. The lowest BCUT2D eigenvalue weighted by atomic mass is 10.1. The second-order valence-electron chi connectivity index (χ2n) is 11.0. The Morgan fingerprint density at radius 1 is 1.00 bits per heavy atom. The fraction of sp³-hybridized carbons (Fsp3) is 0.467. The number of ether oxygens (including phenoxy) is 1. The highest BCUT2D eigenvalue weighted by Gasteiger charge is 2.28. The summed E-state index contributed by atoms with van der Waals surface area (Å²) < 4.78 is 23.6. The molecular weight excluding hydrogens is 511 g/mol. The van der Waals surface area contributed by atoms with Crippen molar-refractivity contribution in [1.29, 1.82) is 0 Å². The highest BCUT2D eigenvalue weighted by Crippen LogP contribution is 2.45. The molecule has 3 aliphatic heterocycles. The zero-order chi connectivity index (χ0) is 27.6. The van der Waals surface area contributed by atoms with E-state index in [1.54, 1.807) is 16.8 Å². The van der Waals surface area contributed by atoms with Gasteiger partial charge in [-0.1, -0.05) is 12.1 Å². The van der Waals surface area contributed by atoms with E-state index in [1.165, 1.54) is 18.9 Å². The van der Waals surface area contributed by atoms with Crippen molar-refractivity contribution in [1.82, 2.24) is 24.6 Å². The lowest BCUT2D eigenvalue weighted by Crippen LogP contribution is -2.44. The number of nitrogens with one attached hydrogen (secondary N) is 2. The van der Waals surface area contributed by atoms with E-state index in [2.05, 4.69) is 32.4 Å². The van der Waals surface area contributed by atoms with E-state index in [4.69, 9.17) is 4.74 Å². The predicted octanol–water partition coefficient (Wildman–Crippen LogP) is 3.11. The first kappa shape index (κ1) is 26.7. The van der Waals surface area contributed by atoms with Crippen molar-refractivity contribution < 1.29 is 13.9 Å². The second kappa shape index (κ2) is 11.6. The number of nitrogens with zero attached hydrogens (tertiary/aromatic N) is 4. The summed E-state index contributed by atoms with van der Waals surface area (Å²) in [6.07, 6.45) is 4.76. The van der Waals surface area contributed by atoms with Crippen molar-refractivity contribution >= 4 is 22.5 Å². The van der Waals surface area contributed by atoms with Gasteiger partial charge in [-0.05, 0) is 64.1 Å². The third-order valence-electron chi connectivity index (χ3n) is 8.24. The number of carbonyl (C=O) groups excluding carboxylic acids is 1. The van der Waals surface area contributed by atoms with E-state index in [0.717, 1.165) is 58.8 Å². The molecule has 0 spiro atoms. The smallest absolute Gasteiger partial charge is 0.256 e. The Hall–Kier alpha value is -3.47. The minimum Gasteiger partial charge on any atom is -0.451 e. The van der Waals surface area contributed by atoms with Crippen LogP contribution in [0.2, 0.25) is 0 Å². The molecule has 9 nitrogen and oxygen atoms in total. The van der Waals surface area contributed by atoms with Crippen LogP contribution in [0.25, 0.3) is 16.6 Å². The van der Waals surface area contributed by atoms with Crippen molar-refractivity contribution in [2.75, 3.05) is 77.8 Å². The number of piperazine rings is 1. The Balaban J connectivity index is 1.28. The summed E-state index contributed by atoms with van der Waals surface area (Å²) in [6.45, 7) is 8.93. The molecular formula is C30H37FN6O3. The first-order valence-electron chi connectivity index (χ1n) is 14.3. The Bertz CT molecular complexity index is 1460. The van der Waals surface area contributed by atoms with Crippen molar-refractivity contribution in [3.05, 3.63) is 58.1 Å². The van der Waals surface area contributed by atoms with Crippen LogP contribution in [0.3, 0.4) is 0 Å². The molecule has 4 heterocycles. The maximum absolute atomic E-state index is 15.6. The van der Waals surface area contributed by atoms with Gasteiger partial charge < -0.3 is 34.6 Å². The molecule has 3 aromatic rings. The number of halogens is 1. The molecule has 40 heavy (non-hydrogen) atoms. The summed E-state index contributed by atoms with van der Waals surface area (Å²) in [5.74, 6) is -0.221. The van der Waals surface area contributed by atoms with Crippen molar-refractivity contribution in [2.45, 2.75) is 19.3 Å². The lowest BCUT2D eigenvalue weighted by Gasteiger charge is -2.32. The summed E-state index contributed by atoms with van der Waals surface area (Å²) >= 11 is 0. The van der Waals surface area contributed by atoms with Crippen molar-refractivity contribution in [3.8, 4) is 17.2 Å². The summed E-state index contributed by atoms with van der Waals surface area (Å²) in [5.41, 5.74) is 0.869. The van der Waals surface area contributed by atoms with Gasteiger partial charge in [0.25, 0.3) is 5.91 Å². The van der Waals surface area contributed by atoms with Crippen LogP contribution >= 0.6 is 0 Å². The van der Waals surface area contributed by atoms with Gasteiger partial charge in [-0.25, -0.2) is 4.39 Å². The number of likely N-dealkylation sites (tertiary alicyclic amines) is 1. The standard InChI is InChI=1S/C30H37FN6O3/c1-34-15-17-36(18-16-34)13-6-9-32-26-23(31)19-21-27-29(26)40-25-8-3-2-7-24(25)37(27)20-22(28(21)38)30(39)33-10-14-35-11-4-5-12-35/h2-3,7-8,19-20,32H,4-6,9-18H2,1H3,(H,33,39). The first-order chi connectivity index (χ1) is 19.5. The fourth-order valence-corrected chi connectivity index (χ4v) is 5.91. The minimum atomic E-state index is -0.572. The quantitative estimate of drug-likeness (QED) is 0.311. The van der Waals surface area contributed by atoms with Crippen LogP contribution in [-0.4, -0.2) is 97.7 Å². The van der Waals surface area contributed by atoms with Crippen LogP contribution in [0.15, 0.2) is 41.3 Å². The number of anilines is 1. The number of fused-ring (bicyclic) bond motifs is 2. The molecule has 0 bridgehead atoms. The lowest BCUT2D eigenvalue weighted by molar-refractivity contribution is 0.0948. The minimum absolute atomic E-state index is 0.0103. The Labute approximate surface area is 233 Å². The Kier molecular flexibility index (Phi) is 7.73. The number of para-hydroxylation sites is 2. The van der Waals surface area contributed by atoms with E-state index < -0.39 is 17.2 Å². The number of amides is 1. The average Bonchev–Trinajstić information content (AvgIpc) is 3.48. The summed E-state index contributed by atoms with van der Waals surface area (Å²) in [5, 5.41) is 6.25. The molecule has 2 aromatic carbocycles. The van der Waals surface area contributed by atoms with Gasteiger partial charge in [0.15, 0.2) is 17.3 Å². The highest BCUT2D eigenvalue weighted by atomic mass is 19.1. The van der Waals surface area contributed by atoms with Gasteiger partial charge >= 0.3 is 0 Å². The molecule has 0 aliphatic carbocycles. The number of pyridine rings is 1. The molecule has 3 aliphatic rings. The van der Waals surface area contributed by atoms with E-state index in [-0.39, 0.29) is 22.4 Å². The van der Waals surface area contributed by atoms with Crippen LogP contribution in [-0.2, 0) is 0 Å². The number of hydrogen-bond donors (Lipinski definition) is 2. The molecule has 0 atom stereocenters.